The molecule has 0 fully saturated rings. The van der Waals surface area contributed by atoms with Gasteiger partial charge in [-0.05, 0) is 19.9 Å². The Morgan fingerprint density at radius 3 is 3.08 bits per heavy atom. The van der Waals surface area contributed by atoms with Crippen molar-refractivity contribution in [1.29, 1.82) is 0 Å². The average molecular weight is 184 g/mol. The largest absolute Gasteiger partial charge is 0.395 e. The molecule has 1 unspecified atom stereocenters. The highest BCUT2D eigenvalue weighted by molar-refractivity contribution is 4.64. The lowest BCUT2D eigenvalue weighted by atomic mass is 10.3. The van der Waals surface area contributed by atoms with Crippen molar-refractivity contribution in [2.75, 3.05) is 13.2 Å². The summed E-state index contributed by atoms with van der Waals surface area (Å²) in [6.07, 6.45) is 4.51. The van der Waals surface area contributed by atoms with E-state index >= 15 is 0 Å². The molecule has 1 rings (SSSR count). The molecule has 0 saturated carbocycles. The first-order valence-corrected chi connectivity index (χ1v) is 4.51. The molecule has 1 atom stereocenters. The van der Waals surface area contributed by atoms with Gasteiger partial charge in [0.05, 0.1) is 12.8 Å². The van der Waals surface area contributed by atoms with Gasteiger partial charge in [-0.15, -0.1) is 5.10 Å². The predicted octanol–water partition coefficient (Wildman–Crippen LogP) is -0.361. The van der Waals surface area contributed by atoms with E-state index in [2.05, 4.69) is 15.6 Å². The molecule has 74 valence electrons. The first-order chi connectivity index (χ1) is 6.33. The van der Waals surface area contributed by atoms with E-state index in [4.69, 9.17) is 5.11 Å². The molecule has 0 aliphatic rings. The Bertz CT molecular complexity index is 212. The van der Waals surface area contributed by atoms with Crippen LogP contribution >= 0.6 is 0 Å². The highest BCUT2D eigenvalue weighted by Crippen LogP contribution is 1.87. The topological polar surface area (TPSA) is 63.0 Å². The second-order valence-corrected chi connectivity index (χ2v) is 3.06. The molecule has 13 heavy (non-hydrogen) atoms. The number of hydrogen-bond acceptors (Lipinski definition) is 4. The van der Waals surface area contributed by atoms with E-state index in [1.54, 1.807) is 10.9 Å². The van der Waals surface area contributed by atoms with Crippen LogP contribution in [-0.4, -0.2) is 39.3 Å². The van der Waals surface area contributed by atoms with Gasteiger partial charge < -0.3 is 10.4 Å². The first kappa shape index (κ1) is 10.1. The Labute approximate surface area is 77.8 Å². The average Bonchev–Trinajstić information content (AvgIpc) is 2.64. The molecule has 1 aromatic heterocycles. The minimum atomic E-state index is 0.177. The molecule has 0 spiro atoms. The van der Waals surface area contributed by atoms with Crippen molar-refractivity contribution in [3.05, 3.63) is 12.4 Å². The maximum atomic E-state index is 8.73. The third-order valence-corrected chi connectivity index (χ3v) is 1.80. The Morgan fingerprint density at radius 2 is 2.46 bits per heavy atom. The number of nitrogens with zero attached hydrogens (tertiary/aromatic N) is 3. The third kappa shape index (κ3) is 4.00. The molecule has 5 nitrogen and oxygen atoms in total. The van der Waals surface area contributed by atoms with Gasteiger partial charge in [-0.1, -0.05) is 5.21 Å². The van der Waals surface area contributed by atoms with Crippen LogP contribution in [0.3, 0.4) is 0 Å². The summed E-state index contributed by atoms with van der Waals surface area (Å²) in [4.78, 5) is 0. The molecule has 0 aromatic carbocycles. The number of hydrogen-bond donors (Lipinski definition) is 2. The fraction of sp³-hybridized carbons (Fsp3) is 0.750. The number of aliphatic hydroxyl groups excluding tert-OH is 1. The van der Waals surface area contributed by atoms with Gasteiger partial charge in [-0.2, -0.15) is 0 Å². The highest BCUT2D eigenvalue weighted by atomic mass is 16.3. The number of aromatic nitrogens is 3. The molecule has 2 N–H and O–H groups in total. The molecule has 0 aliphatic carbocycles. The maximum Gasteiger partial charge on any atom is 0.0692 e. The lowest BCUT2D eigenvalue weighted by molar-refractivity contribution is 0.251. The van der Waals surface area contributed by atoms with Crippen LogP contribution in [0.1, 0.15) is 13.3 Å². The number of rotatable bonds is 6. The van der Waals surface area contributed by atoms with Crippen LogP contribution in [0.15, 0.2) is 12.4 Å². The van der Waals surface area contributed by atoms with E-state index in [0.717, 1.165) is 19.5 Å². The smallest absolute Gasteiger partial charge is 0.0692 e. The molecule has 0 aliphatic heterocycles. The fourth-order valence-corrected chi connectivity index (χ4v) is 1.01. The molecule has 5 heteroatoms. The summed E-state index contributed by atoms with van der Waals surface area (Å²) in [7, 11) is 0. The Balaban J connectivity index is 2.02. The lowest BCUT2D eigenvalue weighted by Gasteiger charge is -2.09. The van der Waals surface area contributed by atoms with Crippen LogP contribution in [-0.2, 0) is 6.54 Å². The lowest BCUT2D eigenvalue weighted by Crippen LogP contribution is -2.30. The van der Waals surface area contributed by atoms with Gasteiger partial charge in [0.1, 0.15) is 0 Å². The minimum absolute atomic E-state index is 0.177. The van der Waals surface area contributed by atoms with E-state index in [1.807, 2.05) is 13.1 Å². The standard InChI is InChI=1S/C8H16N4O/c1-8(7-13)9-3-2-5-12-6-4-10-11-12/h4,6,8-9,13H,2-3,5,7H2,1H3. The van der Waals surface area contributed by atoms with Crippen molar-refractivity contribution in [3.63, 3.8) is 0 Å². The summed E-state index contributed by atoms with van der Waals surface area (Å²) in [5, 5.41) is 19.5. The van der Waals surface area contributed by atoms with Crippen molar-refractivity contribution in [3.8, 4) is 0 Å². The van der Waals surface area contributed by atoms with Crippen molar-refractivity contribution in [2.45, 2.75) is 25.9 Å². The Hall–Kier alpha value is -0.940. The number of nitrogens with one attached hydrogen (secondary N) is 1. The second kappa shape index (κ2) is 5.66. The molecular formula is C8H16N4O. The van der Waals surface area contributed by atoms with E-state index in [-0.39, 0.29) is 12.6 Å². The van der Waals surface area contributed by atoms with E-state index < -0.39 is 0 Å². The van der Waals surface area contributed by atoms with Crippen molar-refractivity contribution < 1.29 is 5.11 Å². The van der Waals surface area contributed by atoms with Gasteiger partial charge in [0.2, 0.25) is 0 Å². The summed E-state index contributed by atoms with van der Waals surface area (Å²) < 4.78 is 1.80. The summed E-state index contributed by atoms with van der Waals surface area (Å²) in [6, 6.07) is 0.177. The summed E-state index contributed by atoms with van der Waals surface area (Å²) >= 11 is 0. The summed E-state index contributed by atoms with van der Waals surface area (Å²) in [5.74, 6) is 0. The normalized spacial score (nSPS) is 13.1. The fourth-order valence-electron chi connectivity index (χ4n) is 1.01. The van der Waals surface area contributed by atoms with Gasteiger partial charge in [-0.3, -0.25) is 4.68 Å². The van der Waals surface area contributed by atoms with Crippen molar-refractivity contribution in [2.24, 2.45) is 0 Å². The van der Waals surface area contributed by atoms with Crippen LogP contribution < -0.4 is 5.32 Å². The van der Waals surface area contributed by atoms with Crippen LogP contribution in [0.5, 0.6) is 0 Å². The zero-order valence-corrected chi connectivity index (χ0v) is 7.85. The molecule has 1 aromatic rings. The van der Waals surface area contributed by atoms with Crippen LogP contribution in [0.2, 0.25) is 0 Å². The van der Waals surface area contributed by atoms with Gasteiger partial charge in [0.25, 0.3) is 0 Å². The van der Waals surface area contributed by atoms with Gasteiger partial charge in [0, 0.05) is 18.8 Å². The molecule has 0 bridgehead atoms. The first-order valence-electron chi connectivity index (χ1n) is 4.51. The number of aryl methyl sites for hydroxylation is 1. The summed E-state index contributed by atoms with van der Waals surface area (Å²) in [5.41, 5.74) is 0. The Kier molecular flexibility index (Phi) is 4.42. The van der Waals surface area contributed by atoms with Gasteiger partial charge in [-0.25, -0.2) is 0 Å². The van der Waals surface area contributed by atoms with Crippen LogP contribution in [0, 0.1) is 0 Å². The predicted molar refractivity (Wildman–Crippen MR) is 49.2 cm³/mol. The van der Waals surface area contributed by atoms with E-state index in [1.165, 1.54) is 0 Å². The second-order valence-electron chi connectivity index (χ2n) is 3.06. The van der Waals surface area contributed by atoms with Crippen molar-refractivity contribution >= 4 is 0 Å². The number of aliphatic hydroxyl groups is 1. The zero-order chi connectivity index (χ0) is 9.52. The Morgan fingerprint density at radius 1 is 1.62 bits per heavy atom. The van der Waals surface area contributed by atoms with E-state index in [0.29, 0.717) is 0 Å². The SMILES string of the molecule is CC(CO)NCCCn1ccnn1. The summed E-state index contributed by atoms with van der Waals surface area (Å²) in [6.45, 7) is 3.89. The monoisotopic (exact) mass is 184 g/mol. The van der Waals surface area contributed by atoms with Gasteiger partial charge >= 0.3 is 0 Å². The van der Waals surface area contributed by atoms with E-state index in [9.17, 15) is 0 Å². The quantitative estimate of drug-likeness (QED) is 0.593. The van der Waals surface area contributed by atoms with Gasteiger partial charge in [0.15, 0.2) is 0 Å². The third-order valence-electron chi connectivity index (χ3n) is 1.80. The molecule has 0 radical (unpaired) electrons. The molecule has 0 amide bonds. The molecular weight excluding hydrogens is 168 g/mol. The van der Waals surface area contributed by atoms with Crippen LogP contribution in [0.25, 0.3) is 0 Å². The highest BCUT2D eigenvalue weighted by Gasteiger charge is 1.97. The zero-order valence-electron chi connectivity index (χ0n) is 7.85. The van der Waals surface area contributed by atoms with Crippen LogP contribution in [0.4, 0.5) is 0 Å². The molecule has 1 heterocycles. The maximum absolute atomic E-state index is 8.73. The minimum Gasteiger partial charge on any atom is -0.395 e. The molecule has 0 saturated heterocycles. The van der Waals surface area contributed by atoms with Crippen molar-refractivity contribution in [1.82, 2.24) is 20.3 Å².